The van der Waals surface area contributed by atoms with Crippen molar-refractivity contribution in [3.05, 3.63) is 65.2 Å². The molecule has 278 valence electrons. The average molecular weight is 701 g/mol. The van der Waals surface area contributed by atoms with Crippen molar-refractivity contribution in [1.29, 1.82) is 0 Å². The van der Waals surface area contributed by atoms with E-state index in [1.807, 2.05) is 57.2 Å². The van der Waals surface area contributed by atoms with Gasteiger partial charge in [-0.3, -0.25) is 24.3 Å². The molecular weight excluding hydrogens is 640 g/mol. The number of nitrogens with two attached hydrogens (primary N) is 1. The number of hydrogen-bond donors (Lipinski definition) is 5. The van der Waals surface area contributed by atoms with E-state index in [2.05, 4.69) is 45.8 Å². The molecule has 51 heavy (non-hydrogen) atoms. The molecule has 1 saturated heterocycles. The molecule has 0 aromatic heterocycles. The number of hydrogen-bond acceptors (Lipinski definition) is 6. The molecule has 2 aromatic carbocycles. The normalized spacial score (nSPS) is 26.2. The zero-order chi connectivity index (χ0) is 36.8. The van der Waals surface area contributed by atoms with Crippen molar-refractivity contribution in [2.24, 2.45) is 28.5 Å². The fourth-order valence-electron chi connectivity index (χ4n) is 8.60. The lowest BCUT2D eigenvalue weighted by Crippen LogP contribution is -2.58. The van der Waals surface area contributed by atoms with Gasteiger partial charge in [-0.25, -0.2) is 0 Å². The van der Waals surface area contributed by atoms with Crippen LogP contribution in [0.25, 0.3) is 0 Å². The van der Waals surface area contributed by atoms with E-state index in [0.29, 0.717) is 43.1 Å². The van der Waals surface area contributed by atoms with E-state index in [0.717, 1.165) is 63.6 Å². The largest absolute Gasteiger partial charge is 0.508 e. The Morgan fingerprint density at radius 3 is 2.57 bits per heavy atom. The third-order valence-electron chi connectivity index (χ3n) is 11.9. The number of aromatic hydroxyl groups is 1. The number of amides is 3. The number of carbonyl (C=O) groups excluding carboxylic acids is 3. The number of rotatable bonds is 17. The van der Waals surface area contributed by atoms with Crippen LogP contribution in [0.2, 0.25) is 0 Å². The van der Waals surface area contributed by atoms with Crippen LogP contribution < -0.4 is 21.7 Å². The topological polar surface area (TPSA) is 149 Å². The predicted molar refractivity (Wildman–Crippen MR) is 203 cm³/mol. The fourth-order valence-corrected chi connectivity index (χ4v) is 8.60. The second-order valence-electron chi connectivity index (χ2n) is 15.8. The first kappa shape index (κ1) is 38.3. The molecule has 0 unspecified atom stereocenters. The van der Waals surface area contributed by atoms with E-state index in [4.69, 9.17) is 5.73 Å². The molecular formula is C41H60N6O4. The molecule has 2 bridgehead atoms. The van der Waals surface area contributed by atoms with Gasteiger partial charge in [-0.15, -0.1) is 0 Å². The van der Waals surface area contributed by atoms with E-state index in [1.54, 1.807) is 6.07 Å². The molecule has 10 heteroatoms. The number of phenols is 1. The van der Waals surface area contributed by atoms with Gasteiger partial charge in [0.15, 0.2) is 0 Å². The lowest BCUT2D eigenvalue weighted by Gasteiger charge is -2.55. The van der Waals surface area contributed by atoms with Crippen molar-refractivity contribution in [3.8, 4) is 5.75 Å². The Morgan fingerprint density at radius 2 is 1.84 bits per heavy atom. The summed E-state index contributed by atoms with van der Waals surface area (Å²) in [5.74, 6) is 1.02. The summed E-state index contributed by atoms with van der Waals surface area (Å²) in [6, 6.07) is 15.5. The van der Waals surface area contributed by atoms with Crippen LogP contribution in [0.15, 0.2) is 53.5 Å². The second-order valence-corrected chi connectivity index (χ2v) is 15.8. The molecule has 0 radical (unpaired) electrons. The van der Waals surface area contributed by atoms with Gasteiger partial charge in [-0.2, -0.15) is 0 Å². The van der Waals surface area contributed by atoms with Crippen LogP contribution in [0, 0.1) is 17.8 Å². The molecule has 3 amide bonds. The molecule has 2 aromatic rings. The van der Waals surface area contributed by atoms with Crippen LogP contribution in [0.4, 0.5) is 0 Å². The number of amidine groups is 1. The zero-order valence-electron chi connectivity index (χ0n) is 31.3. The van der Waals surface area contributed by atoms with Crippen LogP contribution in [0.1, 0.15) is 96.3 Å². The highest BCUT2D eigenvalue weighted by Gasteiger charge is 2.62. The molecule has 5 rings (SSSR count). The van der Waals surface area contributed by atoms with E-state index in [9.17, 15) is 19.5 Å². The Hall–Kier alpha value is -3.92. The summed E-state index contributed by atoms with van der Waals surface area (Å²) >= 11 is 0. The molecule has 0 spiro atoms. The van der Waals surface area contributed by atoms with Gasteiger partial charge in [0, 0.05) is 32.1 Å². The van der Waals surface area contributed by atoms with E-state index < -0.39 is 11.5 Å². The van der Waals surface area contributed by atoms with E-state index in [1.165, 1.54) is 11.1 Å². The van der Waals surface area contributed by atoms with Gasteiger partial charge in [0.25, 0.3) is 0 Å². The average Bonchev–Trinajstić information content (AvgIpc) is 3.84. The summed E-state index contributed by atoms with van der Waals surface area (Å²) in [6.07, 6.45) is 6.56. The number of benzene rings is 2. The molecule has 2 aliphatic carbocycles. The first-order valence-electron chi connectivity index (χ1n) is 19.1. The molecule has 3 aliphatic rings. The number of phenolic OH excluding ortho intramolecular Hbond substituents is 1. The maximum Gasteiger partial charge on any atom is 0.242 e. The van der Waals surface area contributed by atoms with Gasteiger partial charge in [0.1, 0.15) is 11.8 Å². The fraction of sp³-hybridized carbons (Fsp3) is 0.610. The minimum Gasteiger partial charge on any atom is -0.508 e. The monoisotopic (exact) mass is 700 g/mol. The number of nitrogens with zero attached hydrogens (tertiary/aromatic N) is 2. The maximum absolute atomic E-state index is 14.1. The number of unbranched alkanes of at least 4 members (excludes halogenated alkanes) is 2. The molecule has 1 heterocycles. The highest BCUT2D eigenvalue weighted by Crippen LogP contribution is 2.56. The van der Waals surface area contributed by atoms with Crippen molar-refractivity contribution in [2.45, 2.75) is 109 Å². The second kappa shape index (κ2) is 16.6. The maximum atomic E-state index is 14.1. The Bertz CT molecular complexity index is 1560. The van der Waals surface area contributed by atoms with Crippen molar-refractivity contribution in [1.82, 2.24) is 20.9 Å². The van der Waals surface area contributed by atoms with Gasteiger partial charge < -0.3 is 26.8 Å². The first-order valence-corrected chi connectivity index (χ1v) is 19.1. The van der Waals surface area contributed by atoms with Crippen LogP contribution in [0.5, 0.6) is 5.75 Å². The van der Waals surface area contributed by atoms with Gasteiger partial charge in [-0.05, 0) is 103 Å². The van der Waals surface area contributed by atoms with Crippen molar-refractivity contribution in [2.75, 3.05) is 32.7 Å². The van der Waals surface area contributed by atoms with Crippen molar-refractivity contribution in [3.63, 3.8) is 0 Å². The Morgan fingerprint density at radius 1 is 1.08 bits per heavy atom. The predicted octanol–water partition coefficient (Wildman–Crippen LogP) is 4.58. The SMILES string of the molecule is CCC(N)=NCCCCCNC(=O)[C@H](CC(C)C)NC(=O)CNC(=O)[C@]1(c2ccccc2)C[C@@H]1CN1CC[C@@]2(C)c3cc(O)ccc3C[C@@H]1[C@H]2C. The van der Waals surface area contributed by atoms with Gasteiger partial charge in [0.2, 0.25) is 17.7 Å². The Kier molecular flexibility index (Phi) is 12.5. The lowest BCUT2D eigenvalue weighted by atomic mass is 9.59. The minimum atomic E-state index is -0.702. The lowest BCUT2D eigenvalue weighted by molar-refractivity contribution is -0.130. The van der Waals surface area contributed by atoms with Crippen molar-refractivity contribution < 1.29 is 19.5 Å². The highest BCUT2D eigenvalue weighted by molar-refractivity contribution is 5.95. The highest BCUT2D eigenvalue weighted by atomic mass is 16.3. The summed E-state index contributed by atoms with van der Waals surface area (Å²) in [6.45, 7) is 13.5. The zero-order valence-corrected chi connectivity index (χ0v) is 31.3. The standard InChI is InChI=1S/C41H60N6O4/c1-6-36(42)43-18-11-8-12-19-44-38(50)34(21-27(2)3)46-37(49)25-45-39(51)41(30-13-9-7-10-14-30)24-31(41)26-47-20-17-40(5)28(4)35(47)22-29-15-16-32(48)23-33(29)40/h7,9-10,13-16,23,27-28,31,34-35,48H,6,8,11-12,17-22,24-26H2,1-5H3,(H2,42,43)(H,44,50)(H,45,51)(H,46,49)/t28-,31-,34+,35-,40-,41+/m1/s1. The quantitative estimate of drug-likeness (QED) is 0.0928. The third kappa shape index (κ3) is 8.76. The number of aliphatic imine (C=N–C) groups is 1. The van der Waals surface area contributed by atoms with Crippen LogP contribution in [-0.4, -0.2) is 78.4 Å². The molecule has 1 saturated carbocycles. The molecule has 6 N–H and O–H groups in total. The summed E-state index contributed by atoms with van der Waals surface area (Å²) in [7, 11) is 0. The summed E-state index contributed by atoms with van der Waals surface area (Å²) < 4.78 is 0. The first-order chi connectivity index (χ1) is 24.4. The molecule has 2 fully saturated rings. The van der Waals surface area contributed by atoms with Gasteiger partial charge in [-0.1, -0.05) is 71.0 Å². The number of fused-ring (bicyclic) bond motifs is 4. The van der Waals surface area contributed by atoms with Crippen molar-refractivity contribution >= 4 is 23.6 Å². The number of piperidine rings is 1. The molecule has 10 nitrogen and oxygen atoms in total. The van der Waals surface area contributed by atoms with Crippen LogP contribution in [-0.2, 0) is 31.6 Å². The summed E-state index contributed by atoms with van der Waals surface area (Å²) in [5.41, 5.74) is 8.62. The van der Waals surface area contributed by atoms with E-state index >= 15 is 0 Å². The minimum absolute atomic E-state index is 0.00149. The Labute approximate surface area is 304 Å². The number of likely N-dealkylation sites (tertiary alicyclic amines) is 1. The molecule has 6 atom stereocenters. The Balaban J connectivity index is 1.17. The van der Waals surface area contributed by atoms with E-state index in [-0.39, 0.29) is 41.5 Å². The van der Waals surface area contributed by atoms with Crippen LogP contribution >= 0.6 is 0 Å². The van der Waals surface area contributed by atoms with Gasteiger partial charge in [0.05, 0.1) is 17.8 Å². The number of nitrogens with one attached hydrogen (secondary N) is 3. The summed E-state index contributed by atoms with van der Waals surface area (Å²) in [5, 5.41) is 19.1. The summed E-state index contributed by atoms with van der Waals surface area (Å²) in [4.78, 5) is 47.3. The number of carbonyl (C=O) groups is 3. The van der Waals surface area contributed by atoms with Crippen LogP contribution in [0.3, 0.4) is 0 Å². The van der Waals surface area contributed by atoms with Gasteiger partial charge >= 0.3 is 0 Å². The third-order valence-corrected chi connectivity index (χ3v) is 11.9. The molecule has 1 aliphatic heterocycles. The smallest absolute Gasteiger partial charge is 0.242 e.